The van der Waals surface area contributed by atoms with E-state index >= 15 is 0 Å². The minimum absolute atomic E-state index is 0.278. The van der Waals surface area contributed by atoms with Gasteiger partial charge in [0.25, 0.3) is 0 Å². The number of anilines is 1. The van der Waals surface area contributed by atoms with E-state index in [1.807, 2.05) is 31.3 Å². The van der Waals surface area contributed by atoms with E-state index in [4.69, 9.17) is 0 Å². The van der Waals surface area contributed by atoms with E-state index in [1.165, 1.54) is 0 Å². The average molecular weight is 331 g/mol. The van der Waals surface area contributed by atoms with Crippen LogP contribution in [0.5, 0.6) is 0 Å². The van der Waals surface area contributed by atoms with Crippen LogP contribution in [0, 0.1) is 0 Å². The molecule has 0 saturated heterocycles. The third-order valence-electron chi connectivity index (χ3n) is 3.93. The molecule has 3 N–H and O–H groups in total. The summed E-state index contributed by atoms with van der Waals surface area (Å²) in [5.41, 5.74) is 1.69. The first kappa shape index (κ1) is 18.0. The molecule has 6 heteroatoms. The molecule has 1 heterocycles. The van der Waals surface area contributed by atoms with Gasteiger partial charge >= 0.3 is 11.8 Å². The van der Waals surface area contributed by atoms with Crippen LogP contribution in [-0.4, -0.2) is 34.1 Å². The van der Waals surface area contributed by atoms with Gasteiger partial charge in [0.05, 0.1) is 6.10 Å². The van der Waals surface area contributed by atoms with Crippen LogP contribution >= 0.6 is 0 Å². The van der Waals surface area contributed by atoms with Crippen molar-refractivity contribution in [2.24, 2.45) is 0 Å². The van der Waals surface area contributed by atoms with Gasteiger partial charge in [0.2, 0.25) is 0 Å². The number of carbonyl (C=O) groups excluding carboxylic acids is 2. The smallest absolute Gasteiger partial charge is 0.313 e. The number of nitrogens with zero attached hydrogens (tertiary/aromatic N) is 1. The van der Waals surface area contributed by atoms with Gasteiger partial charge < -0.3 is 20.3 Å². The lowest BCUT2D eigenvalue weighted by Crippen LogP contribution is -2.36. The zero-order chi connectivity index (χ0) is 17.5. The molecule has 1 aromatic carbocycles. The summed E-state index contributed by atoms with van der Waals surface area (Å²) < 4.78 is 2.16. The van der Waals surface area contributed by atoms with Gasteiger partial charge in [0.15, 0.2) is 0 Å². The van der Waals surface area contributed by atoms with E-state index < -0.39 is 17.9 Å². The predicted octanol–water partition coefficient (Wildman–Crippen LogP) is 2.27. The maximum absolute atomic E-state index is 11.9. The first-order valence-corrected chi connectivity index (χ1v) is 8.41. The summed E-state index contributed by atoms with van der Waals surface area (Å²) in [5, 5.41) is 15.6. The molecule has 0 aliphatic carbocycles. The van der Waals surface area contributed by atoms with E-state index in [9.17, 15) is 14.7 Å². The number of hydrogen-bond donors (Lipinski definition) is 3. The number of fused-ring (bicyclic) bond motifs is 1. The summed E-state index contributed by atoms with van der Waals surface area (Å²) in [6.07, 6.45) is 3.68. The Hall–Kier alpha value is -2.34. The highest BCUT2D eigenvalue weighted by atomic mass is 16.3. The Labute approximate surface area is 141 Å². The number of rotatable bonds is 7. The molecule has 130 valence electrons. The summed E-state index contributed by atoms with van der Waals surface area (Å²) >= 11 is 0. The van der Waals surface area contributed by atoms with Crippen LogP contribution in [0.25, 0.3) is 10.9 Å². The molecule has 0 spiro atoms. The molecule has 1 aromatic heterocycles. The molecule has 6 nitrogen and oxygen atoms in total. The second kappa shape index (κ2) is 8.49. The second-order valence-corrected chi connectivity index (χ2v) is 5.84. The molecular weight excluding hydrogens is 306 g/mol. The van der Waals surface area contributed by atoms with Gasteiger partial charge in [0, 0.05) is 35.9 Å². The fourth-order valence-electron chi connectivity index (χ4n) is 2.54. The molecular formula is C18H25N3O3. The van der Waals surface area contributed by atoms with Gasteiger partial charge in [-0.25, -0.2) is 0 Å². The average Bonchev–Trinajstić information content (AvgIpc) is 2.97. The Kier molecular flexibility index (Phi) is 6.37. The Morgan fingerprint density at radius 3 is 2.71 bits per heavy atom. The van der Waals surface area contributed by atoms with Gasteiger partial charge in [-0.2, -0.15) is 0 Å². The highest BCUT2D eigenvalue weighted by Gasteiger charge is 2.14. The van der Waals surface area contributed by atoms with Crippen molar-refractivity contribution < 1.29 is 14.7 Å². The van der Waals surface area contributed by atoms with Gasteiger partial charge in [0.1, 0.15) is 0 Å². The van der Waals surface area contributed by atoms with Crippen LogP contribution in [0.3, 0.4) is 0 Å². The van der Waals surface area contributed by atoms with Crippen molar-refractivity contribution in [3.05, 3.63) is 30.5 Å². The van der Waals surface area contributed by atoms with Gasteiger partial charge in [-0.05, 0) is 43.5 Å². The summed E-state index contributed by atoms with van der Waals surface area (Å²) in [6, 6.07) is 7.58. The van der Waals surface area contributed by atoms with E-state index in [1.54, 1.807) is 6.07 Å². The summed E-state index contributed by atoms with van der Waals surface area (Å²) in [4.78, 5) is 23.7. The first-order valence-electron chi connectivity index (χ1n) is 8.41. The lowest BCUT2D eigenvalue weighted by molar-refractivity contribution is -0.136. The third-order valence-corrected chi connectivity index (χ3v) is 3.93. The van der Waals surface area contributed by atoms with E-state index in [2.05, 4.69) is 22.1 Å². The monoisotopic (exact) mass is 331 g/mol. The van der Waals surface area contributed by atoms with E-state index in [0.717, 1.165) is 23.9 Å². The molecule has 1 atom stereocenters. The molecule has 0 bridgehead atoms. The van der Waals surface area contributed by atoms with Gasteiger partial charge in [-0.1, -0.05) is 13.8 Å². The highest BCUT2D eigenvalue weighted by molar-refractivity contribution is 6.39. The standard InChI is InChI=1S/C18H25N3O3/c1-3-10-21-11-8-13-12-14(5-6-16(13)21)20-18(24)17(23)19-9-7-15(22)4-2/h5-6,8,11-12,15,22H,3-4,7,9-10H2,1-2H3,(H,19,23)(H,20,24). The van der Waals surface area contributed by atoms with Crippen molar-refractivity contribution >= 4 is 28.4 Å². The second-order valence-electron chi connectivity index (χ2n) is 5.84. The van der Waals surface area contributed by atoms with E-state index in [0.29, 0.717) is 18.5 Å². The number of carbonyl (C=O) groups is 2. The normalized spacial score (nSPS) is 12.1. The maximum Gasteiger partial charge on any atom is 0.313 e. The largest absolute Gasteiger partial charge is 0.393 e. The maximum atomic E-state index is 11.9. The van der Waals surface area contributed by atoms with Crippen LogP contribution < -0.4 is 10.6 Å². The number of amides is 2. The number of aromatic nitrogens is 1. The van der Waals surface area contributed by atoms with Crippen molar-refractivity contribution in [2.75, 3.05) is 11.9 Å². The molecule has 0 saturated carbocycles. The number of benzene rings is 1. The van der Waals surface area contributed by atoms with Crippen molar-refractivity contribution in [1.82, 2.24) is 9.88 Å². The Bertz CT molecular complexity index is 709. The Balaban J connectivity index is 1.93. The first-order chi connectivity index (χ1) is 11.5. The number of aliphatic hydroxyl groups excluding tert-OH is 1. The van der Waals surface area contributed by atoms with Gasteiger partial charge in [-0.3, -0.25) is 9.59 Å². The number of aryl methyl sites for hydroxylation is 1. The van der Waals surface area contributed by atoms with Crippen molar-refractivity contribution in [3.63, 3.8) is 0 Å². The van der Waals surface area contributed by atoms with Crippen molar-refractivity contribution in [3.8, 4) is 0 Å². The Morgan fingerprint density at radius 2 is 2.00 bits per heavy atom. The third kappa shape index (κ3) is 4.58. The van der Waals surface area contributed by atoms with E-state index in [-0.39, 0.29) is 6.54 Å². The summed E-state index contributed by atoms with van der Waals surface area (Å²) in [6.45, 7) is 5.21. The summed E-state index contributed by atoms with van der Waals surface area (Å²) in [7, 11) is 0. The van der Waals surface area contributed by atoms with Crippen LogP contribution in [0.2, 0.25) is 0 Å². The topological polar surface area (TPSA) is 83.4 Å². The van der Waals surface area contributed by atoms with Crippen LogP contribution in [0.15, 0.2) is 30.5 Å². The van der Waals surface area contributed by atoms with Crippen LogP contribution in [0.1, 0.15) is 33.1 Å². The Morgan fingerprint density at radius 1 is 1.21 bits per heavy atom. The highest BCUT2D eigenvalue weighted by Crippen LogP contribution is 2.20. The zero-order valence-electron chi connectivity index (χ0n) is 14.2. The molecule has 0 aliphatic rings. The fraction of sp³-hybridized carbons (Fsp3) is 0.444. The summed E-state index contributed by atoms with van der Waals surface area (Å²) in [5.74, 6) is -1.39. The van der Waals surface area contributed by atoms with Crippen molar-refractivity contribution in [2.45, 2.75) is 45.8 Å². The minimum Gasteiger partial charge on any atom is -0.393 e. The SMILES string of the molecule is CCCn1ccc2cc(NC(=O)C(=O)NCCC(O)CC)ccc21. The minimum atomic E-state index is -0.701. The molecule has 0 radical (unpaired) electrons. The molecule has 24 heavy (non-hydrogen) atoms. The van der Waals surface area contributed by atoms with Crippen LogP contribution in [0.4, 0.5) is 5.69 Å². The van der Waals surface area contributed by atoms with Crippen molar-refractivity contribution in [1.29, 1.82) is 0 Å². The molecule has 1 unspecified atom stereocenters. The lowest BCUT2D eigenvalue weighted by atomic mass is 10.2. The molecule has 0 aliphatic heterocycles. The zero-order valence-corrected chi connectivity index (χ0v) is 14.2. The van der Waals surface area contributed by atoms with Gasteiger partial charge in [-0.15, -0.1) is 0 Å². The van der Waals surface area contributed by atoms with Crippen LogP contribution in [-0.2, 0) is 16.1 Å². The molecule has 0 fully saturated rings. The molecule has 2 aromatic rings. The quantitative estimate of drug-likeness (QED) is 0.681. The number of aliphatic hydroxyl groups is 1. The lowest BCUT2D eigenvalue weighted by Gasteiger charge is -2.09. The predicted molar refractivity (Wildman–Crippen MR) is 94.8 cm³/mol. The molecule has 2 rings (SSSR count). The number of nitrogens with one attached hydrogen (secondary N) is 2. The molecule has 2 amide bonds. The number of hydrogen-bond acceptors (Lipinski definition) is 3. The fourth-order valence-corrected chi connectivity index (χ4v) is 2.54.